The molecular formula is C20H17F4N5O2S. The number of halogens is 4. The van der Waals surface area contributed by atoms with Gasteiger partial charge in [0.25, 0.3) is 0 Å². The standard InChI is InChI=1S/C20H17F4N5O2S/c21-11-2-1-10(15(23)5-11)7-25-17(30)9-32-20-27-18-13(8-26-28-18)19(31)29(20)12-3-4-14(22)16(24)6-12/h1-6,13,18,26,28H,7-9H2,(H,25,30). The lowest BCUT2D eigenvalue weighted by molar-refractivity contribution is -0.121. The van der Waals surface area contributed by atoms with Crippen LogP contribution in [0.3, 0.4) is 0 Å². The first-order chi connectivity index (χ1) is 15.3. The molecule has 2 aromatic rings. The highest BCUT2D eigenvalue weighted by molar-refractivity contribution is 8.14. The lowest BCUT2D eigenvalue weighted by Gasteiger charge is -2.32. The molecule has 168 valence electrons. The van der Waals surface area contributed by atoms with Crippen molar-refractivity contribution in [1.82, 2.24) is 16.2 Å². The Morgan fingerprint density at radius 1 is 1.12 bits per heavy atom. The first-order valence-electron chi connectivity index (χ1n) is 9.52. The molecule has 32 heavy (non-hydrogen) atoms. The highest BCUT2D eigenvalue weighted by Gasteiger charge is 2.42. The molecule has 2 aliphatic heterocycles. The lowest BCUT2D eigenvalue weighted by Crippen LogP contribution is -2.49. The normalized spacial score (nSPS) is 20.2. The van der Waals surface area contributed by atoms with E-state index in [-0.39, 0.29) is 34.6 Å². The minimum absolute atomic E-state index is 0.0827. The van der Waals surface area contributed by atoms with Crippen LogP contribution in [0, 0.1) is 29.2 Å². The van der Waals surface area contributed by atoms with Gasteiger partial charge < -0.3 is 5.32 Å². The van der Waals surface area contributed by atoms with Crippen LogP contribution in [0.4, 0.5) is 23.2 Å². The lowest BCUT2D eigenvalue weighted by atomic mass is 10.0. The molecule has 12 heteroatoms. The van der Waals surface area contributed by atoms with Crippen LogP contribution >= 0.6 is 11.8 Å². The number of nitrogens with zero attached hydrogens (tertiary/aromatic N) is 2. The maximum absolute atomic E-state index is 13.8. The van der Waals surface area contributed by atoms with Crippen LogP contribution in [0.15, 0.2) is 41.4 Å². The topological polar surface area (TPSA) is 85.8 Å². The molecule has 0 aromatic heterocycles. The van der Waals surface area contributed by atoms with Crippen molar-refractivity contribution < 1.29 is 27.2 Å². The molecule has 2 unspecified atom stereocenters. The summed E-state index contributed by atoms with van der Waals surface area (Å²) in [6.07, 6.45) is -0.567. The molecule has 0 saturated carbocycles. The van der Waals surface area contributed by atoms with Gasteiger partial charge in [-0.1, -0.05) is 17.8 Å². The van der Waals surface area contributed by atoms with E-state index in [1.165, 1.54) is 12.1 Å². The minimum Gasteiger partial charge on any atom is -0.351 e. The number of hydrogen-bond acceptors (Lipinski definition) is 6. The van der Waals surface area contributed by atoms with E-state index in [1.807, 2.05) is 0 Å². The van der Waals surface area contributed by atoms with Gasteiger partial charge in [-0.25, -0.2) is 28.0 Å². The van der Waals surface area contributed by atoms with Gasteiger partial charge in [0, 0.05) is 30.8 Å². The number of anilines is 1. The Labute approximate surface area is 184 Å². The Morgan fingerprint density at radius 2 is 1.94 bits per heavy atom. The summed E-state index contributed by atoms with van der Waals surface area (Å²) in [7, 11) is 0. The molecule has 1 fully saturated rings. The molecule has 2 amide bonds. The van der Waals surface area contributed by atoms with E-state index in [9.17, 15) is 27.2 Å². The largest absolute Gasteiger partial charge is 0.351 e. The van der Waals surface area contributed by atoms with E-state index < -0.39 is 41.3 Å². The van der Waals surface area contributed by atoms with E-state index in [2.05, 4.69) is 21.2 Å². The Hall–Kier alpha value is -2.96. The number of aliphatic imine (C=N–C) groups is 1. The van der Waals surface area contributed by atoms with Gasteiger partial charge in [0.05, 0.1) is 17.4 Å². The Balaban J connectivity index is 1.47. The van der Waals surface area contributed by atoms with E-state index >= 15 is 0 Å². The summed E-state index contributed by atoms with van der Waals surface area (Å²) in [6, 6.07) is 6.07. The van der Waals surface area contributed by atoms with Crippen molar-refractivity contribution in [1.29, 1.82) is 0 Å². The Bertz CT molecular complexity index is 1100. The molecule has 3 N–H and O–H groups in total. The third-order valence-electron chi connectivity index (χ3n) is 4.92. The van der Waals surface area contributed by atoms with Gasteiger partial charge in [0.15, 0.2) is 16.8 Å². The van der Waals surface area contributed by atoms with Crippen LogP contribution in [0.25, 0.3) is 0 Å². The number of rotatable bonds is 5. The predicted octanol–water partition coefficient (Wildman–Crippen LogP) is 2.05. The van der Waals surface area contributed by atoms with E-state index in [4.69, 9.17) is 0 Å². The number of thioether (sulfide) groups is 1. The molecule has 1 saturated heterocycles. The predicted molar refractivity (Wildman–Crippen MR) is 110 cm³/mol. The SMILES string of the molecule is O=C(CSC1=NC2NNCC2C(=O)N1c1ccc(F)c(F)c1)NCc1ccc(F)cc1F. The van der Waals surface area contributed by atoms with Gasteiger partial charge in [0.1, 0.15) is 17.8 Å². The second-order valence-corrected chi connectivity index (χ2v) is 8.00. The van der Waals surface area contributed by atoms with Crippen molar-refractivity contribution in [2.75, 3.05) is 17.2 Å². The first-order valence-corrected chi connectivity index (χ1v) is 10.5. The summed E-state index contributed by atoms with van der Waals surface area (Å²) in [6.45, 7) is 0.148. The fourth-order valence-corrected chi connectivity index (χ4v) is 4.15. The summed E-state index contributed by atoms with van der Waals surface area (Å²) < 4.78 is 53.9. The van der Waals surface area contributed by atoms with E-state index in [0.29, 0.717) is 6.54 Å². The van der Waals surface area contributed by atoms with E-state index in [1.54, 1.807) is 0 Å². The summed E-state index contributed by atoms with van der Waals surface area (Å²) >= 11 is 0.918. The van der Waals surface area contributed by atoms with Crippen LogP contribution in [-0.2, 0) is 16.1 Å². The van der Waals surface area contributed by atoms with E-state index in [0.717, 1.165) is 40.9 Å². The second-order valence-electron chi connectivity index (χ2n) is 7.06. The number of fused-ring (bicyclic) bond motifs is 1. The third-order valence-corrected chi connectivity index (χ3v) is 5.87. The Kier molecular flexibility index (Phi) is 6.44. The average Bonchev–Trinajstić information content (AvgIpc) is 3.23. The fourth-order valence-electron chi connectivity index (χ4n) is 3.27. The van der Waals surface area contributed by atoms with Gasteiger partial charge in [-0.15, -0.1) is 0 Å². The molecule has 2 atom stereocenters. The molecule has 0 bridgehead atoms. The average molecular weight is 467 g/mol. The molecule has 0 aliphatic carbocycles. The number of benzene rings is 2. The molecule has 7 nitrogen and oxygen atoms in total. The molecule has 0 radical (unpaired) electrons. The van der Waals surface area contributed by atoms with Gasteiger partial charge >= 0.3 is 0 Å². The molecule has 2 heterocycles. The number of nitrogens with one attached hydrogen (secondary N) is 3. The van der Waals surface area contributed by atoms with Crippen molar-refractivity contribution in [3.8, 4) is 0 Å². The van der Waals surface area contributed by atoms with Crippen LogP contribution in [0.1, 0.15) is 5.56 Å². The van der Waals surface area contributed by atoms with Crippen molar-refractivity contribution in [2.24, 2.45) is 10.9 Å². The first kappa shape index (κ1) is 22.2. The quantitative estimate of drug-likeness (QED) is 0.587. The molecule has 0 spiro atoms. The monoisotopic (exact) mass is 467 g/mol. The molecular weight excluding hydrogens is 450 g/mol. The summed E-state index contributed by atoms with van der Waals surface area (Å²) in [5.41, 5.74) is 5.88. The number of hydrazine groups is 1. The van der Waals surface area contributed by atoms with Crippen LogP contribution in [0.5, 0.6) is 0 Å². The number of amidine groups is 1. The van der Waals surface area contributed by atoms with Crippen molar-refractivity contribution in [3.63, 3.8) is 0 Å². The number of carbonyl (C=O) groups is 2. The van der Waals surface area contributed by atoms with Gasteiger partial charge in [0.2, 0.25) is 11.8 Å². The van der Waals surface area contributed by atoms with Crippen molar-refractivity contribution in [3.05, 3.63) is 65.2 Å². The zero-order valence-corrected chi connectivity index (χ0v) is 17.2. The number of carbonyl (C=O) groups excluding carboxylic acids is 2. The zero-order chi connectivity index (χ0) is 22.8. The summed E-state index contributed by atoms with van der Waals surface area (Å²) in [5, 5.41) is 2.64. The molecule has 2 aliphatic rings. The Morgan fingerprint density at radius 3 is 2.69 bits per heavy atom. The summed E-state index contributed by atoms with van der Waals surface area (Å²) in [5.74, 6) is -5.29. The van der Waals surface area contributed by atoms with Gasteiger partial charge in [-0.2, -0.15) is 0 Å². The second kappa shape index (κ2) is 9.27. The highest BCUT2D eigenvalue weighted by Crippen LogP contribution is 2.30. The fraction of sp³-hybridized carbons (Fsp3) is 0.250. The van der Waals surface area contributed by atoms with Crippen LogP contribution in [0.2, 0.25) is 0 Å². The smallest absolute Gasteiger partial charge is 0.241 e. The number of hydrogen-bond donors (Lipinski definition) is 3. The van der Waals surface area contributed by atoms with Gasteiger partial charge in [-0.3, -0.25) is 19.9 Å². The third kappa shape index (κ3) is 4.61. The maximum Gasteiger partial charge on any atom is 0.241 e. The maximum atomic E-state index is 13.8. The van der Waals surface area contributed by atoms with Crippen LogP contribution in [-0.4, -0.2) is 35.4 Å². The van der Waals surface area contributed by atoms with Crippen LogP contribution < -0.4 is 21.1 Å². The van der Waals surface area contributed by atoms with Crippen molar-refractivity contribution in [2.45, 2.75) is 12.7 Å². The van der Waals surface area contributed by atoms with Crippen molar-refractivity contribution >= 4 is 34.4 Å². The molecule has 4 rings (SSSR count). The van der Waals surface area contributed by atoms with Gasteiger partial charge in [-0.05, 0) is 18.2 Å². The molecule has 2 aromatic carbocycles. The number of amides is 2. The summed E-state index contributed by atoms with van der Waals surface area (Å²) in [4.78, 5) is 30.8. The minimum atomic E-state index is -1.12. The zero-order valence-electron chi connectivity index (χ0n) is 16.4. The highest BCUT2D eigenvalue weighted by atomic mass is 32.2.